The van der Waals surface area contributed by atoms with Gasteiger partial charge in [-0.2, -0.15) is 0 Å². The second-order valence-electron chi connectivity index (χ2n) is 6.93. The van der Waals surface area contributed by atoms with E-state index in [-0.39, 0.29) is 5.91 Å². The van der Waals surface area contributed by atoms with E-state index >= 15 is 0 Å². The molecule has 5 rings (SSSR count). The van der Waals surface area contributed by atoms with Crippen molar-refractivity contribution in [1.82, 2.24) is 9.55 Å². The van der Waals surface area contributed by atoms with Gasteiger partial charge in [0.1, 0.15) is 0 Å². The van der Waals surface area contributed by atoms with Gasteiger partial charge in [-0.15, -0.1) is 0 Å². The summed E-state index contributed by atoms with van der Waals surface area (Å²) in [5.41, 5.74) is 8.07. The number of imidazole rings is 1. The van der Waals surface area contributed by atoms with Gasteiger partial charge < -0.3 is 9.88 Å². The van der Waals surface area contributed by atoms with Crippen LogP contribution in [0.1, 0.15) is 17.5 Å². The molecule has 0 fully saturated rings. The minimum Gasteiger partial charge on any atom is -0.330 e. The predicted octanol–water partition coefficient (Wildman–Crippen LogP) is 4.64. The van der Waals surface area contributed by atoms with Crippen LogP contribution >= 0.6 is 0 Å². The topological polar surface area (TPSA) is 46.9 Å². The molecule has 0 radical (unpaired) electrons. The zero-order valence-corrected chi connectivity index (χ0v) is 14.9. The number of nitrogens with one attached hydrogen (secondary N) is 1. The van der Waals surface area contributed by atoms with E-state index in [0.29, 0.717) is 13.0 Å². The fourth-order valence-corrected chi connectivity index (χ4v) is 3.86. The van der Waals surface area contributed by atoms with Crippen molar-refractivity contribution in [3.05, 3.63) is 84.2 Å². The molecule has 1 N–H and O–H groups in total. The zero-order chi connectivity index (χ0) is 18.2. The van der Waals surface area contributed by atoms with Crippen LogP contribution in [0.2, 0.25) is 0 Å². The Morgan fingerprint density at radius 3 is 2.74 bits per heavy atom. The molecule has 0 saturated carbocycles. The molecule has 4 aromatic rings. The van der Waals surface area contributed by atoms with Crippen LogP contribution in [0.5, 0.6) is 0 Å². The number of carbonyl (C=O) groups excluding carboxylic acids is 1. The van der Waals surface area contributed by atoms with Gasteiger partial charge in [0, 0.05) is 18.7 Å². The molecule has 0 atom stereocenters. The highest BCUT2D eigenvalue weighted by molar-refractivity contribution is 5.92. The maximum absolute atomic E-state index is 12.4. The number of para-hydroxylation sites is 2. The number of aryl methyl sites for hydroxylation is 1. The molecule has 0 spiro atoms. The van der Waals surface area contributed by atoms with Crippen LogP contribution in [0, 0.1) is 0 Å². The van der Waals surface area contributed by atoms with Gasteiger partial charge in [0.05, 0.1) is 17.4 Å². The number of amides is 1. The second-order valence-corrected chi connectivity index (χ2v) is 6.93. The number of carbonyl (C=O) groups is 1. The van der Waals surface area contributed by atoms with Crippen molar-refractivity contribution in [3.8, 4) is 11.1 Å². The number of fused-ring (bicyclic) bond motifs is 4. The Bertz CT molecular complexity index is 1160. The lowest BCUT2D eigenvalue weighted by Gasteiger charge is -2.08. The number of nitrogens with zero attached hydrogens (tertiary/aromatic N) is 2. The molecule has 1 amide bonds. The molecule has 0 aliphatic heterocycles. The lowest BCUT2D eigenvalue weighted by molar-refractivity contribution is -0.116. The highest BCUT2D eigenvalue weighted by Crippen LogP contribution is 2.37. The highest BCUT2D eigenvalue weighted by atomic mass is 16.1. The van der Waals surface area contributed by atoms with Crippen LogP contribution in [0.15, 0.2) is 73.1 Å². The Morgan fingerprint density at radius 1 is 0.963 bits per heavy atom. The normalized spacial score (nSPS) is 12.0. The Morgan fingerprint density at radius 2 is 1.78 bits per heavy atom. The fraction of sp³-hybridized carbons (Fsp3) is 0.130. The van der Waals surface area contributed by atoms with Crippen LogP contribution in [0.25, 0.3) is 22.2 Å². The van der Waals surface area contributed by atoms with Crippen LogP contribution in [0.4, 0.5) is 5.69 Å². The van der Waals surface area contributed by atoms with E-state index in [4.69, 9.17) is 0 Å². The number of hydrogen-bond acceptors (Lipinski definition) is 2. The SMILES string of the molecule is O=C(CCn1cnc2ccccc21)Nc1ccc2c(c1)Cc1ccccc1-2. The van der Waals surface area contributed by atoms with E-state index in [9.17, 15) is 4.79 Å². The van der Waals surface area contributed by atoms with Gasteiger partial charge in [-0.25, -0.2) is 4.98 Å². The number of anilines is 1. The first-order valence-corrected chi connectivity index (χ1v) is 9.19. The van der Waals surface area contributed by atoms with Gasteiger partial charge in [-0.1, -0.05) is 42.5 Å². The number of aromatic nitrogens is 2. The summed E-state index contributed by atoms with van der Waals surface area (Å²) < 4.78 is 2.02. The molecule has 1 heterocycles. The summed E-state index contributed by atoms with van der Waals surface area (Å²) in [6.07, 6.45) is 3.14. The molecule has 4 heteroatoms. The third-order valence-electron chi connectivity index (χ3n) is 5.18. The Balaban J connectivity index is 1.27. The standard InChI is InChI=1S/C23H19N3O/c27-23(11-12-26-15-24-21-7-3-4-8-22(21)26)25-18-9-10-20-17(14-18)13-16-5-1-2-6-19(16)20/h1-10,14-15H,11-13H2,(H,25,27). The second kappa shape index (κ2) is 6.40. The molecule has 0 unspecified atom stereocenters. The van der Waals surface area contributed by atoms with Crippen molar-refractivity contribution in [2.45, 2.75) is 19.4 Å². The van der Waals surface area contributed by atoms with E-state index < -0.39 is 0 Å². The van der Waals surface area contributed by atoms with Crippen molar-refractivity contribution in [1.29, 1.82) is 0 Å². The first kappa shape index (κ1) is 15.8. The van der Waals surface area contributed by atoms with Gasteiger partial charge in [0.15, 0.2) is 0 Å². The largest absolute Gasteiger partial charge is 0.330 e. The van der Waals surface area contributed by atoms with Crippen molar-refractivity contribution in [3.63, 3.8) is 0 Å². The highest BCUT2D eigenvalue weighted by Gasteiger charge is 2.18. The minimum atomic E-state index is 0.0169. The van der Waals surface area contributed by atoms with Gasteiger partial charge >= 0.3 is 0 Å². The maximum Gasteiger partial charge on any atom is 0.226 e. The van der Waals surface area contributed by atoms with E-state index in [2.05, 4.69) is 46.7 Å². The third-order valence-corrected chi connectivity index (χ3v) is 5.18. The van der Waals surface area contributed by atoms with Crippen LogP contribution in [-0.2, 0) is 17.8 Å². The first-order chi connectivity index (χ1) is 13.3. The molecule has 1 aromatic heterocycles. The molecule has 3 aromatic carbocycles. The summed E-state index contributed by atoms with van der Waals surface area (Å²) in [4.78, 5) is 16.8. The van der Waals surface area contributed by atoms with Crippen LogP contribution in [-0.4, -0.2) is 15.5 Å². The molecule has 27 heavy (non-hydrogen) atoms. The van der Waals surface area contributed by atoms with Crippen molar-refractivity contribution in [2.75, 3.05) is 5.32 Å². The van der Waals surface area contributed by atoms with E-state index in [1.165, 1.54) is 22.3 Å². The molecule has 0 bridgehead atoms. The van der Waals surface area contributed by atoms with Crippen molar-refractivity contribution < 1.29 is 4.79 Å². The van der Waals surface area contributed by atoms with Gasteiger partial charge in [-0.05, 0) is 52.9 Å². The summed E-state index contributed by atoms with van der Waals surface area (Å²) in [7, 11) is 0. The van der Waals surface area contributed by atoms with E-state index in [1.54, 1.807) is 6.33 Å². The number of benzene rings is 3. The summed E-state index contributed by atoms with van der Waals surface area (Å²) in [5, 5.41) is 3.04. The summed E-state index contributed by atoms with van der Waals surface area (Å²) in [6.45, 7) is 0.614. The molecular formula is C23H19N3O. The Labute approximate surface area is 157 Å². The van der Waals surface area contributed by atoms with Gasteiger partial charge in [0.2, 0.25) is 5.91 Å². The summed E-state index contributed by atoms with van der Waals surface area (Å²) >= 11 is 0. The zero-order valence-electron chi connectivity index (χ0n) is 14.9. The lowest BCUT2D eigenvalue weighted by Crippen LogP contribution is -2.14. The molecule has 4 nitrogen and oxygen atoms in total. The van der Waals surface area contributed by atoms with Crippen molar-refractivity contribution >= 4 is 22.6 Å². The smallest absolute Gasteiger partial charge is 0.226 e. The molecular weight excluding hydrogens is 334 g/mol. The van der Waals surface area contributed by atoms with Gasteiger partial charge in [0.25, 0.3) is 0 Å². The fourth-order valence-electron chi connectivity index (χ4n) is 3.86. The predicted molar refractivity (Wildman–Crippen MR) is 108 cm³/mol. The Kier molecular flexibility index (Phi) is 3.75. The number of hydrogen-bond donors (Lipinski definition) is 1. The van der Waals surface area contributed by atoms with E-state index in [1.807, 2.05) is 34.9 Å². The third kappa shape index (κ3) is 2.89. The maximum atomic E-state index is 12.4. The Hall–Kier alpha value is -3.40. The molecule has 0 saturated heterocycles. The number of rotatable bonds is 4. The summed E-state index contributed by atoms with van der Waals surface area (Å²) in [5.74, 6) is 0.0169. The van der Waals surface area contributed by atoms with E-state index in [0.717, 1.165) is 23.1 Å². The van der Waals surface area contributed by atoms with Crippen LogP contribution < -0.4 is 5.32 Å². The molecule has 132 valence electrons. The average molecular weight is 353 g/mol. The quantitative estimate of drug-likeness (QED) is 0.512. The minimum absolute atomic E-state index is 0.0169. The average Bonchev–Trinajstić information content (AvgIpc) is 3.27. The monoisotopic (exact) mass is 353 g/mol. The van der Waals surface area contributed by atoms with Crippen molar-refractivity contribution in [2.24, 2.45) is 0 Å². The summed E-state index contributed by atoms with van der Waals surface area (Å²) in [6, 6.07) is 22.6. The van der Waals surface area contributed by atoms with Gasteiger partial charge in [-0.3, -0.25) is 4.79 Å². The van der Waals surface area contributed by atoms with Crippen LogP contribution in [0.3, 0.4) is 0 Å². The lowest BCUT2D eigenvalue weighted by atomic mass is 10.1. The molecule has 1 aliphatic carbocycles. The first-order valence-electron chi connectivity index (χ1n) is 9.19. The molecule has 1 aliphatic rings.